The molecule has 0 atom stereocenters. The number of benzene rings is 1. The topological polar surface area (TPSA) is 41.6 Å². The fourth-order valence-electron chi connectivity index (χ4n) is 1.95. The smallest absolute Gasteiger partial charge is 0.414 e. The van der Waals surface area contributed by atoms with Crippen LogP contribution in [0.3, 0.4) is 0 Å². The highest BCUT2D eigenvalue weighted by Crippen LogP contribution is 2.23. The van der Waals surface area contributed by atoms with Crippen LogP contribution in [-0.2, 0) is 11.3 Å². The first-order chi connectivity index (χ1) is 8.33. The highest BCUT2D eigenvalue weighted by atomic mass is 16.6. The maximum atomic E-state index is 11.7. The highest BCUT2D eigenvalue weighted by molar-refractivity contribution is 5.89. The van der Waals surface area contributed by atoms with Crippen molar-refractivity contribution >= 4 is 11.8 Å². The first kappa shape index (κ1) is 11.9. The van der Waals surface area contributed by atoms with Crippen LogP contribution in [-0.4, -0.2) is 25.8 Å². The summed E-state index contributed by atoms with van der Waals surface area (Å²) in [6, 6.07) is 7.96. The van der Waals surface area contributed by atoms with Crippen LogP contribution in [0.5, 0.6) is 0 Å². The molecule has 92 valence electrons. The molecule has 0 aliphatic carbocycles. The Hall–Kier alpha value is -1.55. The largest absolute Gasteiger partial charge is 0.449 e. The summed E-state index contributed by atoms with van der Waals surface area (Å²) in [6.07, 6.45) is 0.654. The Morgan fingerprint density at radius 1 is 1.41 bits per heavy atom. The number of nitrogens with one attached hydrogen (secondary N) is 1. The van der Waals surface area contributed by atoms with Gasteiger partial charge in [0.15, 0.2) is 0 Å². The number of carbonyl (C=O) groups excluding carboxylic acids is 1. The van der Waals surface area contributed by atoms with Gasteiger partial charge in [0.2, 0.25) is 0 Å². The van der Waals surface area contributed by atoms with Crippen molar-refractivity contribution < 1.29 is 9.53 Å². The second-order valence-electron chi connectivity index (χ2n) is 4.03. The first-order valence-electron chi connectivity index (χ1n) is 6.06. The van der Waals surface area contributed by atoms with Gasteiger partial charge in [-0.05, 0) is 24.6 Å². The average Bonchev–Trinajstić information content (AvgIpc) is 2.37. The van der Waals surface area contributed by atoms with Crippen LogP contribution in [0.4, 0.5) is 10.5 Å². The third kappa shape index (κ3) is 2.77. The summed E-state index contributed by atoms with van der Waals surface area (Å²) >= 11 is 0. The quantitative estimate of drug-likeness (QED) is 0.867. The van der Waals surface area contributed by atoms with E-state index in [4.69, 9.17) is 4.74 Å². The van der Waals surface area contributed by atoms with Crippen LogP contribution in [0, 0.1) is 0 Å². The van der Waals surface area contributed by atoms with Crippen LogP contribution in [0.1, 0.15) is 18.9 Å². The van der Waals surface area contributed by atoms with E-state index in [2.05, 4.69) is 12.2 Å². The van der Waals surface area contributed by atoms with Gasteiger partial charge in [-0.25, -0.2) is 4.79 Å². The Kier molecular flexibility index (Phi) is 3.98. The minimum atomic E-state index is -0.236. The van der Waals surface area contributed by atoms with Crippen molar-refractivity contribution in [3.05, 3.63) is 29.8 Å². The van der Waals surface area contributed by atoms with Crippen LogP contribution < -0.4 is 10.2 Å². The fraction of sp³-hybridized carbons (Fsp3) is 0.462. The molecule has 0 unspecified atom stereocenters. The maximum Gasteiger partial charge on any atom is 0.414 e. The minimum Gasteiger partial charge on any atom is -0.449 e. The first-order valence-corrected chi connectivity index (χ1v) is 6.06. The lowest BCUT2D eigenvalue weighted by Crippen LogP contribution is -2.38. The van der Waals surface area contributed by atoms with Crippen LogP contribution in [0.25, 0.3) is 0 Å². The number of cyclic esters (lactones) is 1. The lowest BCUT2D eigenvalue weighted by atomic mass is 10.1. The molecule has 1 heterocycles. The molecule has 0 radical (unpaired) electrons. The summed E-state index contributed by atoms with van der Waals surface area (Å²) in [5.74, 6) is 0. The molecule has 0 bridgehead atoms. The molecule has 17 heavy (non-hydrogen) atoms. The van der Waals surface area contributed by atoms with E-state index in [1.165, 1.54) is 0 Å². The molecule has 1 aliphatic rings. The molecule has 0 spiro atoms. The summed E-state index contributed by atoms with van der Waals surface area (Å²) in [7, 11) is 0. The molecular formula is C13H18N2O2. The number of hydrogen-bond donors (Lipinski definition) is 1. The van der Waals surface area contributed by atoms with Gasteiger partial charge in [0.25, 0.3) is 0 Å². The van der Waals surface area contributed by atoms with Crippen LogP contribution in [0.15, 0.2) is 24.3 Å². The van der Waals surface area contributed by atoms with Gasteiger partial charge in [0, 0.05) is 13.1 Å². The predicted molar refractivity (Wildman–Crippen MR) is 67.1 cm³/mol. The molecule has 4 nitrogen and oxygen atoms in total. The van der Waals surface area contributed by atoms with Crippen molar-refractivity contribution in [3.8, 4) is 0 Å². The Morgan fingerprint density at radius 2 is 2.24 bits per heavy atom. The van der Waals surface area contributed by atoms with E-state index in [9.17, 15) is 4.79 Å². The lowest BCUT2D eigenvalue weighted by Gasteiger charge is -2.28. The van der Waals surface area contributed by atoms with E-state index in [0.717, 1.165) is 37.3 Å². The molecule has 1 fully saturated rings. The summed E-state index contributed by atoms with van der Waals surface area (Å²) in [5.41, 5.74) is 2.09. The number of rotatable bonds is 4. The number of ether oxygens (including phenoxy) is 1. The number of nitrogens with zero attached hydrogens (tertiary/aromatic N) is 1. The van der Waals surface area contributed by atoms with Gasteiger partial charge in [-0.2, -0.15) is 0 Å². The average molecular weight is 234 g/mol. The molecule has 1 N–H and O–H groups in total. The maximum absolute atomic E-state index is 11.7. The van der Waals surface area contributed by atoms with Gasteiger partial charge in [-0.3, -0.25) is 4.90 Å². The Balaban J connectivity index is 2.20. The monoisotopic (exact) mass is 234 g/mol. The number of carbonyl (C=O) groups is 1. The van der Waals surface area contributed by atoms with Gasteiger partial charge < -0.3 is 10.1 Å². The highest BCUT2D eigenvalue weighted by Gasteiger charge is 2.22. The van der Waals surface area contributed by atoms with Crippen molar-refractivity contribution in [2.24, 2.45) is 0 Å². The van der Waals surface area contributed by atoms with Gasteiger partial charge in [-0.15, -0.1) is 0 Å². The van der Waals surface area contributed by atoms with E-state index in [0.29, 0.717) is 6.61 Å². The third-order valence-electron chi connectivity index (χ3n) is 2.82. The standard InChI is InChI=1S/C13H18N2O2/c1-2-14-10-11-6-3-4-7-12(11)15-8-5-9-17-13(15)16/h3-4,6-7,14H,2,5,8-10H2,1H3. The van der Waals surface area contributed by atoms with Crippen molar-refractivity contribution in [2.75, 3.05) is 24.6 Å². The molecule has 0 aromatic heterocycles. The summed E-state index contributed by atoms with van der Waals surface area (Å²) in [6.45, 7) is 5.03. The molecular weight excluding hydrogens is 216 g/mol. The van der Waals surface area contributed by atoms with E-state index in [-0.39, 0.29) is 6.09 Å². The fourth-order valence-corrected chi connectivity index (χ4v) is 1.95. The second-order valence-corrected chi connectivity index (χ2v) is 4.03. The molecule has 2 rings (SSSR count). The Bertz CT molecular complexity index is 393. The van der Waals surface area contributed by atoms with Gasteiger partial charge >= 0.3 is 6.09 Å². The minimum absolute atomic E-state index is 0.236. The summed E-state index contributed by atoms with van der Waals surface area (Å²) in [5, 5.41) is 3.28. The van der Waals surface area contributed by atoms with Crippen molar-refractivity contribution in [1.82, 2.24) is 5.32 Å². The molecule has 1 aromatic rings. The number of anilines is 1. The molecule has 1 aliphatic heterocycles. The van der Waals surface area contributed by atoms with Crippen molar-refractivity contribution in [1.29, 1.82) is 0 Å². The second kappa shape index (κ2) is 5.68. The molecule has 1 aromatic carbocycles. The lowest BCUT2D eigenvalue weighted by molar-refractivity contribution is 0.140. The zero-order valence-corrected chi connectivity index (χ0v) is 10.1. The zero-order valence-electron chi connectivity index (χ0n) is 10.1. The van der Waals surface area contributed by atoms with E-state index in [1.54, 1.807) is 4.90 Å². The van der Waals surface area contributed by atoms with Gasteiger partial charge in [-0.1, -0.05) is 25.1 Å². The van der Waals surface area contributed by atoms with E-state index < -0.39 is 0 Å². The van der Waals surface area contributed by atoms with Gasteiger partial charge in [0.1, 0.15) is 0 Å². The summed E-state index contributed by atoms with van der Waals surface area (Å²) in [4.78, 5) is 13.4. The van der Waals surface area contributed by atoms with E-state index >= 15 is 0 Å². The molecule has 1 amide bonds. The zero-order chi connectivity index (χ0) is 12.1. The SMILES string of the molecule is CCNCc1ccccc1N1CCCOC1=O. The van der Waals surface area contributed by atoms with Crippen LogP contribution in [0.2, 0.25) is 0 Å². The number of hydrogen-bond acceptors (Lipinski definition) is 3. The molecule has 1 saturated heterocycles. The predicted octanol–water partition coefficient (Wildman–Crippen LogP) is 2.14. The molecule has 4 heteroatoms. The van der Waals surface area contributed by atoms with Crippen LogP contribution >= 0.6 is 0 Å². The van der Waals surface area contributed by atoms with Gasteiger partial charge in [0.05, 0.1) is 12.3 Å². The molecule has 0 saturated carbocycles. The third-order valence-corrected chi connectivity index (χ3v) is 2.82. The van der Waals surface area contributed by atoms with Crippen molar-refractivity contribution in [2.45, 2.75) is 19.9 Å². The Labute approximate surface area is 102 Å². The number of amides is 1. The van der Waals surface area contributed by atoms with E-state index in [1.807, 2.05) is 24.3 Å². The summed E-state index contributed by atoms with van der Waals surface area (Å²) < 4.78 is 5.07. The van der Waals surface area contributed by atoms with Crippen molar-refractivity contribution in [3.63, 3.8) is 0 Å². The Morgan fingerprint density at radius 3 is 3.00 bits per heavy atom. The normalized spacial score (nSPS) is 15.8. The number of para-hydroxylation sites is 1.